The van der Waals surface area contributed by atoms with Crippen molar-refractivity contribution in [2.75, 3.05) is 75.0 Å². The van der Waals surface area contributed by atoms with Crippen molar-refractivity contribution in [1.29, 1.82) is 0 Å². The van der Waals surface area contributed by atoms with Gasteiger partial charge in [0.2, 0.25) is 18.0 Å². The predicted octanol–water partition coefficient (Wildman–Crippen LogP) is 3.59. The molecule has 0 aliphatic carbocycles. The molecule has 60 heavy (non-hydrogen) atoms. The van der Waals surface area contributed by atoms with Gasteiger partial charge in [0.25, 0.3) is 10.2 Å². The fourth-order valence-electron chi connectivity index (χ4n) is 8.89. The minimum atomic E-state index is -3.58. The molecule has 3 aromatic heterocycles. The van der Waals surface area contributed by atoms with E-state index in [-0.39, 0.29) is 24.5 Å². The minimum Gasteiger partial charge on any atom is -0.485 e. The van der Waals surface area contributed by atoms with Crippen molar-refractivity contribution >= 4 is 52.2 Å². The molecular formula is C41H58N12O6S. The Morgan fingerprint density at radius 2 is 1.70 bits per heavy atom. The van der Waals surface area contributed by atoms with Crippen molar-refractivity contribution in [3.63, 3.8) is 0 Å². The number of aromatic amines is 1. The molecule has 0 saturated carbocycles. The molecule has 3 aliphatic rings. The van der Waals surface area contributed by atoms with E-state index in [1.807, 2.05) is 37.9 Å². The summed E-state index contributed by atoms with van der Waals surface area (Å²) in [6.07, 6.45) is 12.9. The van der Waals surface area contributed by atoms with Crippen LogP contribution in [0.25, 0.3) is 16.9 Å². The Morgan fingerprint density at radius 1 is 0.983 bits per heavy atom. The van der Waals surface area contributed by atoms with Gasteiger partial charge in [-0.2, -0.15) is 31.6 Å². The Hall–Kier alpha value is -4.98. The fourth-order valence-corrected chi connectivity index (χ4v) is 10.6. The molecule has 18 nitrogen and oxygen atoms in total. The molecule has 19 heteroatoms. The van der Waals surface area contributed by atoms with E-state index in [4.69, 9.17) is 9.72 Å². The van der Waals surface area contributed by atoms with Crippen LogP contribution in [0.1, 0.15) is 76.7 Å². The second kappa shape index (κ2) is 19.2. The third-order valence-corrected chi connectivity index (χ3v) is 14.2. The maximum absolute atomic E-state index is 13.8. The molecule has 3 fully saturated rings. The number of hydrogen-bond donors (Lipinski definition) is 2. The number of para-hydroxylation sites is 1. The molecule has 0 radical (unpaired) electrons. The van der Waals surface area contributed by atoms with Crippen molar-refractivity contribution in [3.8, 4) is 17.0 Å². The quantitative estimate of drug-likeness (QED) is 0.138. The number of rotatable bonds is 18. The number of nitrogens with zero attached hydrogens (tertiary/aromatic N) is 10. The van der Waals surface area contributed by atoms with Gasteiger partial charge in [-0.1, -0.05) is 12.1 Å². The number of H-pyrrole nitrogens is 1. The lowest BCUT2D eigenvalue weighted by Gasteiger charge is -2.40. The Morgan fingerprint density at radius 3 is 2.33 bits per heavy atom. The van der Waals surface area contributed by atoms with E-state index in [0.29, 0.717) is 74.4 Å². The number of ether oxygens (including phenoxy) is 1. The first-order valence-corrected chi connectivity index (χ1v) is 22.5. The van der Waals surface area contributed by atoms with Crippen LogP contribution in [0.15, 0.2) is 36.9 Å². The van der Waals surface area contributed by atoms with Gasteiger partial charge in [0.15, 0.2) is 5.75 Å². The molecular weight excluding hydrogens is 789 g/mol. The smallest absolute Gasteiger partial charge is 0.281 e. The van der Waals surface area contributed by atoms with Crippen LogP contribution in [0.5, 0.6) is 5.75 Å². The maximum atomic E-state index is 13.8. The number of fused-ring (bicyclic) bond motifs is 1. The second-order valence-corrected chi connectivity index (χ2v) is 18.4. The van der Waals surface area contributed by atoms with Crippen LogP contribution >= 0.6 is 0 Å². The second-order valence-electron chi connectivity index (χ2n) is 16.5. The fraction of sp³-hybridized carbons (Fsp3) is 0.585. The number of nitrogens with one attached hydrogen (secondary N) is 2. The largest absolute Gasteiger partial charge is 0.485 e. The number of aromatic nitrogens is 6. The average Bonchev–Trinajstić information content (AvgIpc) is 3.95. The van der Waals surface area contributed by atoms with Gasteiger partial charge in [0.05, 0.1) is 29.7 Å². The van der Waals surface area contributed by atoms with E-state index in [1.165, 1.54) is 0 Å². The van der Waals surface area contributed by atoms with Crippen LogP contribution < -0.4 is 19.9 Å². The zero-order chi connectivity index (χ0) is 42.4. The van der Waals surface area contributed by atoms with E-state index >= 15 is 0 Å². The summed E-state index contributed by atoms with van der Waals surface area (Å²) in [5.41, 5.74) is 4.61. The van der Waals surface area contributed by atoms with Crippen LogP contribution in [0.2, 0.25) is 0 Å². The highest BCUT2D eigenvalue weighted by atomic mass is 32.2. The number of hydrogen-bond acceptors (Lipinski definition) is 13. The Balaban J connectivity index is 0.890. The van der Waals surface area contributed by atoms with E-state index in [2.05, 4.69) is 36.6 Å². The summed E-state index contributed by atoms with van der Waals surface area (Å²) in [7, 11) is -0.00732. The topological polar surface area (TPSA) is 195 Å². The predicted molar refractivity (Wildman–Crippen MR) is 228 cm³/mol. The number of likely N-dealkylation sites (N-methyl/N-ethyl adjacent to an activating group) is 1. The summed E-state index contributed by atoms with van der Waals surface area (Å²) >= 11 is 0. The number of aldehydes is 2. The molecule has 7 rings (SSSR count). The zero-order valence-corrected chi connectivity index (χ0v) is 35.8. The van der Waals surface area contributed by atoms with E-state index in [1.54, 1.807) is 43.8 Å². The standard InChI is InChI=1S/C41H58N12O6S/c1-29(2)59-39-37(32-23-43-44-24-32)42-27-53-40(39)46-41(47-53)45-33-14-20-52(21-15-33)60(57,58)51-18-10-30(11-19-51)25-50-16-12-31(13-17-50)35-8-5-9-36(38(35)48(3)28-56)49(4)34(26-55)7-6-22-54/h5,8-9,22-24,26-31,33-34H,6-7,10-21,25H2,1-4H3,(H,43,44)(H,45,47). The van der Waals surface area contributed by atoms with Crippen LogP contribution in [-0.2, 0) is 24.6 Å². The number of likely N-dealkylation sites (tertiary alicyclic amines) is 1. The van der Waals surface area contributed by atoms with Gasteiger partial charge >= 0.3 is 0 Å². The SMILES string of the molecule is CC(C)Oc1c(-c2cn[nH]c2)ncn2nc(NC3CCN(S(=O)(=O)N4CCC(CN5CCC(c6cccc(N(C)C(C=O)CCC=O)c6N(C)C=O)CC5)CC4)CC3)nc12. The molecule has 324 valence electrons. The van der Waals surface area contributed by atoms with Crippen molar-refractivity contribution in [1.82, 2.24) is 43.3 Å². The highest BCUT2D eigenvalue weighted by Gasteiger charge is 2.36. The third-order valence-electron chi connectivity index (χ3n) is 12.2. The highest BCUT2D eigenvalue weighted by Crippen LogP contribution is 2.41. The van der Waals surface area contributed by atoms with Gasteiger partial charge in [-0.15, -0.1) is 5.10 Å². The molecule has 1 unspecified atom stereocenters. The van der Waals surface area contributed by atoms with E-state index in [0.717, 1.165) is 86.8 Å². The molecule has 1 aromatic carbocycles. The molecule has 3 saturated heterocycles. The summed E-state index contributed by atoms with van der Waals surface area (Å²) in [6.45, 7) is 8.49. The van der Waals surface area contributed by atoms with Crippen LogP contribution in [0.4, 0.5) is 17.3 Å². The number of carbonyl (C=O) groups is 3. The summed E-state index contributed by atoms with van der Waals surface area (Å²) in [5, 5.41) is 14.9. The molecule has 1 amide bonds. The van der Waals surface area contributed by atoms with Gasteiger partial charge < -0.3 is 34.3 Å². The Kier molecular flexibility index (Phi) is 13.8. The first kappa shape index (κ1) is 43.1. The molecule has 4 aromatic rings. The monoisotopic (exact) mass is 846 g/mol. The van der Waals surface area contributed by atoms with Gasteiger partial charge in [-0.25, -0.2) is 4.98 Å². The van der Waals surface area contributed by atoms with Gasteiger partial charge in [-0.3, -0.25) is 9.89 Å². The van der Waals surface area contributed by atoms with Crippen molar-refractivity contribution in [2.24, 2.45) is 5.92 Å². The first-order chi connectivity index (χ1) is 29.0. The number of anilines is 3. The number of amides is 1. The summed E-state index contributed by atoms with van der Waals surface area (Å²) in [5.74, 6) is 1.62. The van der Waals surface area contributed by atoms with Gasteiger partial charge in [-0.05, 0) is 95.3 Å². The number of benzene rings is 1. The molecule has 0 spiro atoms. The third kappa shape index (κ3) is 9.48. The van der Waals surface area contributed by atoms with Crippen molar-refractivity contribution < 1.29 is 27.5 Å². The van der Waals surface area contributed by atoms with Crippen molar-refractivity contribution in [3.05, 3.63) is 42.5 Å². The lowest BCUT2D eigenvalue weighted by atomic mass is 9.86. The average molecular weight is 847 g/mol. The normalized spacial score (nSPS) is 18.8. The lowest BCUT2D eigenvalue weighted by Crippen LogP contribution is -2.51. The molecule has 2 N–H and O–H groups in total. The maximum Gasteiger partial charge on any atom is 0.281 e. The molecule has 6 heterocycles. The van der Waals surface area contributed by atoms with Crippen LogP contribution in [0, 0.1) is 5.92 Å². The zero-order valence-electron chi connectivity index (χ0n) is 35.0. The summed E-state index contributed by atoms with van der Waals surface area (Å²) in [4.78, 5) is 50.3. The van der Waals surface area contributed by atoms with E-state index in [9.17, 15) is 22.8 Å². The van der Waals surface area contributed by atoms with Crippen LogP contribution in [0.3, 0.4) is 0 Å². The molecule has 1 atom stereocenters. The minimum absolute atomic E-state index is 0.0105. The Bertz CT molecular complexity index is 2180. The summed E-state index contributed by atoms with van der Waals surface area (Å²) in [6, 6.07) is 5.52. The molecule has 3 aliphatic heterocycles. The summed E-state index contributed by atoms with van der Waals surface area (Å²) < 4.78 is 38.6. The lowest BCUT2D eigenvalue weighted by molar-refractivity contribution is -0.110. The van der Waals surface area contributed by atoms with Crippen LogP contribution in [-0.4, -0.2) is 149 Å². The Labute approximate surface area is 351 Å². The number of piperidine rings is 3. The van der Waals surface area contributed by atoms with Gasteiger partial charge in [0, 0.05) is 71.0 Å². The van der Waals surface area contributed by atoms with Gasteiger partial charge in [0.1, 0.15) is 24.6 Å². The molecule has 0 bridgehead atoms. The number of carbonyl (C=O) groups excluding carboxylic acids is 3. The van der Waals surface area contributed by atoms with E-state index < -0.39 is 16.3 Å². The highest BCUT2D eigenvalue weighted by molar-refractivity contribution is 7.86. The van der Waals surface area contributed by atoms with Crippen molar-refractivity contribution in [2.45, 2.75) is 89.3 Å². The first-order valence-electron chi connectivity index (χ1n) is 21.1.